The van der Waals surface area contributed by atoms with Gasteiger partial charge in [-0.3, -0.25) is 0 Å². The van der Waals surface area contributed by atoms with Gasteiger partial charge >= 0.3 is 0 Å². The van der Waals surface area contributed by atoms with E-state index in [0.29, 0.717) is 11.8 Å². The van der Waals surface area contributed by atoms with Crippen LogP contribution in [0.5, 0.6) is 0 Å². The van der Waals surface area contributed by atoms with Gasteiger partial charge in [0.1, 0.15) is 10.8 Å². The highest BCUT2D eigenvalue weighted by molar-refractivity contribution is 7.99. The summed E-state index contributed by atoms with van der Waals surface area (Å²) in [7, 11) is 1.70. The minimum atomic E-state index is 0.637. The standard InChI is InChI=1S/C14H19N3O2S/c1-10-11(2)19-14(17-10)20-13-5-4-12(9-16-13)8-15-6-7-18-3/h4-5,9,15H,6-8H2,1-3H3. The molecule has 0 radical (unpaired) electrons. The SMILES string of the molecule is COCCNCc1ccc(Sc2nc(C)c(C)o2)nc1. The molecule has 0 spiro atoms. The Morgan fingerprint density at radius 3 is 2.80 bits per heavy atom. The normalized spacial score (nSPS) is 10.9. The predicted octanol–water partition coefficient (Wildman–Crippen LogP) is 2.57. The molecule has 0 bridgehead atoms. The quantitative estimate of drug-likeness (QED) is 0.792. The molecule has 0 saturated heterocycles. The molecule has 2 heterocycles. The predicted molar refractivity (Wildman–Crippen MR) is 77.9 cm³/mol. The Labute approximate surface area is 123 Å². The largest absolute Gasteiger partial charge is 0.436 e. The van der Waals surface area contributed by atoms with Crippen LogP contribution in [0.25, 0.3) is 0 Å². The van der Waals surface area contributed by atoms with Crippen LogP contribution in [0.3, 0.4) is 0 Å². The molecule has 1 N–H and O–H groups in total. The van der Waals surface area contributed by atoms with Crippen LogP contribution >= 0.6 is 11.8 Å². The summed E-state index contributed by atoms with van der Waals surface area (Å²) in [4.78, 5) is 8.73. The van der Waals surface area contributed by atoms with E-state index in [2.05, 4.69) is 21.4 Å². The number of rotatable bonds is 7. The van der Waals surface area contributed by atoms with Gasteiger partial charge in [0, 0.05) is 26.4 Å². The molecule has 0 aliphatic heterocycles. The molecule has 0 aliphatic carbocycles. The number of oxazole rings is 1. The average Bonchev–Trinajstić information content (AvgIpc) is 2.75. The Hall–Kier alpha value is -1.37. The second-order valence-corrected chi connectivity index (χ2v) is 5.37. The molecule has 0 aliphatic rings. The first-order chi connectivity index (χ1) is 9.69. The zero-order valence-corrected chi connectivity index (χ0v) is 12.8. The lowest BCUT2D eigenvalue weighted by atomic mass is 10.3. The van der Waals surface area contributed by atoms with E-state index in [0.717, 1.165) is 35.1 Å². The fourth-order valence-electron chi connectivity index (χ4n) is 1.56. The number of nitrogens with zero attached hydrogens (tertiary/aromatic N) is 2. The van der Waals surface area contributed by atoms with Crippen molar-refractivity contribution >= 4 is 11.8 Å². The summed E-state index contributed by atoms with van der Waals surface area (Å²) in [6, 6.07) is 4.03. The number of hydrogen-bond acceptors (Lipinski definition) is 6. The summed E-state index contributed by atoms with van der Waals surface area (Å²) >= 11 is 1.43. The van der Waals surface area contributed by atoms with Gasteiger partial charge in [0.15, 0.2) is 0 Å². The molecular weight excluding hydrogens is 274 g/mol. The van der Waals surface area contributed by atoms with Gasteiger partial charge in [0.05, 0.1) is 12.3 Å². The number of nitrogens with one attached hydrogen (secondary N) is 1. The third kappa shape index (κ3) is 4.33. The summed E-state index contributed by atoms with van der Waals surface area (Å²) in [6.07, 6.45) is 1.87. The summed E-state index contributed by atoms with van der Waals surface area (Å²) in [5, 5.41) is 4.80. The summed E-state index contributed by atoms with van der Waals surface area (Å²) in [5.74, 6) is 0.853. The number of ether oxygens (including phenoxy) is 1. The lowest BCUT2D eigenvalue weighted by molar-refractivity contribution is 0.199. The molecule has 2 aromatic heterocycles. The lowest BCUT2D eigenvalue weighted by Crippen LogP contribution is -2.18. The fourth-order valence-corrected chi connectivity index (χ4v) is 2.33. The highest BCUT2D eigenvalue weighted by Crippen LogP contribution is 2.26. The molecule has 0 saturated carbocycles. The Kier molecular flexibility index (Phi) is 5.58. The van der Waals surface area contributed by atoms with Gasteiger partial charge in [-0.2, -0.15) is 0 Å². The molecule has 0 aromatic carbocycles. The van der Waals surface area contributed by atoms with Crippen molar-refractivity contribution in [2.45, 2.75) is 30.6 Å². The van der Waals surface area contributed by atoms with E-state index in [1.54, 1.807) is 7.11 Å². The van der Waals surface area contributed by atoms with Crippen LogP contribution in [0.2, 0.25) is 0 Å². The van der Waals surface area contributed by atoms with Gasteiger partial charge in [-0.25, -0.2) is 9.97 Å². The molecule has 108 valence electrons. The Balaban J connectivity index is 1.88. The molecule has 0 amide bonds. The number of aryl methyl sites for hydroxylation is 2. The van der Waals surface area contributed by atoms with Crippen LogP contribution in [0.4, 0.5) is 0 Å². The van der Waals surface area contributed by atoms with Gasteiger partial charge < -0.3 is 14.5 Å². The van der Waals surface area contributed by atoms with Crippen molar-refractivity contribution in [2.24, 2.45) is 0 Å². The van der Waals surface area contributed by atoms with Crippen LogP contribution in [0, 0.1) is 13.8 Å². The van der Waals surface area contributed by atoms with Gasteiger partial charge in [-0.15, -0.1) is 0 Å². The number of pyridine rings is 1. The van der Waals surface area contributed by atoms with Crippen molar-refractivity contribution in [3.8, 4) is 0 Å². The molecule has 20 heavy (non-hydrogen) atoms. The molecule has 0 atom stereocenters. The first-order valence-corrected chi connectivity index (χ1v) is 7.27. The average molecular weight is 293 g/mol. The first-order valence-electron chi connectivity index (χ1n) is 6.45. The monoisotopic (exact) mass is 293 g/mol. The lowest BCUT2D eigenvalue weighted by Gasteiger charge is -2.04. The molecule has 2 rings (SSSR count). The zero-order valence-electron chi connectivity index (χ0n) is 12.0. The Morgan fingerprint density at radius 1 is 1.35 bits per heavy atom. The summed E-state index contributed by atoms with van der Waals surface area (Å²) in [6.45, 7) is 6.18. The van der Waals surface area contributed by atoms with Gasteiger partial charge in [0.25, 0.3) is 5.22 Å². The van der Waals surface area contributed by atoms with E-state index in [9.17, 15) is 0 Å². The third-order valence-electron chi connectivity index (χ3n) is 2.81. The highest BCUT2D eigenvalue weighted by atomic mass is 32.2. The topological polar surface area (TPSA) is 60.2 Å². The first kappa shape index (κ1) is 15.0. The van der Waals surface area contributed by atoms with Crippen molar-refractivity contribution in [1.82, 2.24) is 15.3 Å². The van der Waals surface area contributed by atoms with Crippen molar-refractivity contribution in [3.63, 3.8) is 0 Å². The molecule has 6 heteroatoms. The maximum Gasteiger partial charge on any atom is 0.262 e. The maximum absolute atomic E-state index is 5.53. The number of methoxy groups -OCH3 is 1. The van der Waals surface area contributed by atoms with Crippen LogP contribution in [-0.2, 0) is 11.3 Å². The highest BCUT2D eigenvalue weighted by Gasteiger charge is 2.08. The van der Waals surface area contributed by atoms with Crippen LogP contribution < -0.4 is 5.32 Å². The van der Waals surface area contributed by atoms with Gasteiger partial charge in [0.2, 0.25) is 0 Å². The Bertz CT molecular complexity index is 520. The van der Waals surface area contributed by atoms with Crippen LogP contribution in [0.15, 0.2) is 33.0 Å². The fraction of sp³-hybridized carbons (Fsp3) is 0.429. The van der Waals surface area contributed by atoms with E-state index in [1.807, 2.05) is 26.1 Å². The minimum absolute atomic E-state index is 0.637. The van der Waals surface area contributed by atoms with E-state index >= 15 is 0 Å². The van der Waals surface area contributed by atoms with Crippen molar-refractivity contribution < 1.29 is 9.15 Å². The van der Waals surface area contributed by atoms with Crippen molar-refractivity contribution in [3.05, 3.63) is 35.3 Å². The number of aromatic nitrogens is 2. The van der Waals surface area contributed by atoms with Crippen molar-refractivity contribution in [2.75, 3.05) is 20.3 Å². The van der Waals surface area contributed by atoms with E-state index in [-0.39, 0.29) is 0 Å². The van der Waals surface area contributed by atoms with Gasteiger partial charge in [-0.1, -0.05) is 6.07 Å². The smallest absolute Gasteiger partial charge is 0.262 e. The zero-order chi connectivity index (χ0) is 14.4. The number of hydrogen-bond donors (Lipinski definition) is 1. The molecule has 2 aromatic rings. The maximum atomic E-state index is 5.53. The minimum Gasteiger partial charge on any atom is -0.436 e. The van der Waals surface area contributed by atoms with E-state index in [1.165, 1.54) is 11.8 Å². The molecule has 0 unspecified atom stereocenters. The second-order valence-electron chi connectivity index (χ2n) is 4.40. The molecular formula is C14H19N3O2S. The van der Waals surface area contributed by atoms with Crippen LogP contribution in [-0.4, -0.2) is 30.2 Å². The van der Waals surface area contributed by atoms with E-state index in [4.69, 9.17) is 9.15 Å². The second kappa shape index (κ2) is 7.42. The third-order valence-corrected chi connectivity index (χ3v) is 3.61. The molecule has 5 nitrogen and oxygen atoms in total. The van der Waals surface area contributed by atoms with Crippen molar-refractivity contribution in [1.29, 1.82) is 0 Å². The van der Waals surface area contributed by atoms with Gasteiger partial charge in [-0.05, 0) is 37.2 Å². The Morgan fingerprint density at radius 2 is 2.20 bits per heavy atom. The van der Waals surface area contributed by atoms with E-state index < -0.39 is 0 Å². The van der Waals surface area contributed by atoms with Crippen LogP contribution in [0.1, 0.15) is 17.0 Å². The summed E-state index contributed by atoms with van der Waals surface area (Å²) in [5.41, 5.74) is 2.07. The molecule has 0 fully saturated rings. The summed E-state index contributed by atoms with van der Waals surface area (Å²) < 4.78 is 10.5.